The van der Waals surface area contributed by atoms with Crippen LogP contribution in [0.2, 0.25) is 0 Å². The minimum atomic E-state index is -0.612. The zero-order valence-corrected chi connectivity index (χ0v) is 10.7. The SMILES string of the molecule is CCCC1(O)CN(C(=O)NC2CCCCC2)C1. The predicted octanol–water partition coefficient (Wildman–Crippen LogP) is 1.88. The summed E-state index contributed by atoms with van der Waals surface area (Å²) in [6, 6.07) is 0.369. The van der Waals surface area contributed by atoms with Crippen molar-refractivity contribution in [2.75, 3.05) is 13.1 Å². The summed E-state index contributed by atoms with van der Waals surface area (Å²) in [7, 11) is 0. The molecular weight excluding hydrogens is 216 g/mol. The first-order valence-electron chi connectivity index (χ1n) is 6.91. The average molecular weight is 240 g/mol. The van der Waals surface area contributed by atoms with E-state index in [9.17, 15) is 9.90 Å². The van der Waals surface area contributed by atoms with Gasteiger partial charge in [0.2, 0.25) is 0 Å². The second kappa shape index (κ2) is 5.25. The van der Waals surface area contributed by atoms with Crippen molar-refractivity contribution in [2.24, 2.45) is 0 Å². The molecule has 1 saturated carbocycles. The van der Waals surface area contributed by atoms with Gasteiger partial charge in [-0.2, -0.15) is 0 Å². The van der Waals surface area contributed by atoms with Crippen LogP contribution in [0.4, 0.5) is 4.79 Å². The Hall–Kier alpha value is -0.770. The summed E-state index contributed by atoms with van der Waals surface area (Å²) < 4.78 is 0. The molecule has 1 heterocycles. The van der Waals surface area contributed by atoms with E-state index in [1.54, 1.807) is 4.90 Å². The Kier molecular flexibility index (Phi) is 3.92. The van der Waals surface area contributed by atoms with Crippen LogP contribution in [-0.4, -0.2) is 40.8 Å². The third-order valence-corrected chi connectivity index (χ3v) is 3.91. The Bertz CT molecular complexity index is 269. The Balaban J connectivity index is 1.71. The van der Waals surface area contributed by atoms with Gasteiger partial charge in [-0.25, -0.2) is 4.79 Å². The molecule has 0 atom stereocenters. The third-order valence-electron chi connectivity index (χ3n) is 3.91. The highest BCUT2D eigenvalue weighted by Crippen LogP contribution is 2.26. The monoisotopic (exact) mass is 240 g/mol. The van der Waals surface area contributed by atoms with Gasteiger partial charge in [0.1, 0.15) is 0 Å². The van der Waals surface area contributed by atoms with Crippen LogP contribution in [0.3, 0.4) is 0 Å². The summed E-state index contributed by atoms with van der Waals surface area (Å²) in [6.07, 6.45) is 7.73. The fourth-order valence-corrected chi connectivity index (χ4v) is 2.94. The molecule has 0 aromatic heterocycles. The molecule has 0 spiro atoms. The normalized spacial score (nSPS) is 24.2. The van der Waals surface area contributed by atoms with Gasteiger partial charge in [-0.15, -0.1) is 0 Å². The molecule has 0 aromatic rings. The van der Waals surface area contributed by atoms with Crippen LogP contribution in [0.25, 0.3) is 0 Å². The number of rotatable bonds is 3. The summed E-state index contributed by atoms with van der Waals surface area (Å²) in [5.74, 6) is 0. The summed E-state index contributed by atoms with van der Waals surface area (Å²) in [5.41, 5.74) is -0.612. The number of hydrogen-bond donors (Lipinski definition) is 2. The molecule has 0 bridgehead atoms. The quantitative estimate of drug-likeness (QED) is 0.791. The lowest BCUT2D eigenvalue weighted by Gasteiger charge is -2.46. The van der Waals surface area contributed by atoms with E-state index in [0.29, 0.717) is 19.1 Å². The van der Waals surface area contributed by atoms with Crippen LogP contribution in [0.15, 0.2) is 0 Å². The molecule has 2 aliphatic rings. The first-order valence-corrected chi connectivity index (χ1v) is 6.91. The van der Waals surface area contributed by atoms with E-state index in [0.717, 1.165) is 25.7 Å². The first kappa shape index (κ1) is 12.7. The lowest BCUT2D eigenvalue weighted by Crippen LogP contribution is -2.65. The van der Waals surface area contributed by atoms with E-state index in [-0.39, 0.29) is 6.03 Å². The molecular formula is C13H24N2O2. The van der Waals surface area contributed by atoms with Crippen molar-refractivity contribution in [3.63, 3.8) is 0 Å². The van der Waals surface area contributed by atoms with Gasteiger partial charge in [0.15, 0.2) is 0 Å². The van der Waals surface area contributed by atoms with E-state index in [1.807, 2.05) is 0 Å². The van der Waals surface area contributed by atoms with Crippen molar-refractivity contribution < 1.29 is 9.90 Å². The Morgan fingerprint density at radius 1 is 1.35 bits per heavy atom. The summed E-state index contributed by atoms with van der Waals surface area (Å²) in [5, 5.41) is 13.1. The van der Waals surface area contributed by atoms with Gasteiger partial charge in [0.05, 0.1) is 18.7 Å². The molecule has 0 unspecified atom stereocenters. The summed E-state index contributed by atoms with van der Waals surface area (Å²) in [6.45, 7) is 3.06. The van der Waals surface area contributed by atoms with Gasteiger partial charge >= 0.3 is 6.03 Å². The van der Waals surface area contributed by atoms with Crippen LogP contribution in [-0.2, 0) is 0 Å². The van der Waals surface area contributed by atoms with Crippen molar-refractivity contribution in [1.82, 2.24) is 10.2 Å². The summed E-state index contributed by atoms with van der Waals surface area (Å²) >= 11 is 0. The molecule has 4 nitrogen and oxygen atoms in total. The standard InChI is InChI=1S/C13H24N2O2/c1-2-8-13(17)9-15(10-13)12(16)14-11-6-4-3-5-7-11/h11,17H,2-10H2,1H3,(H,14,16). The lowest BCUT2D eigenvalue weighted by atomic mass is 9.89. The van der Waals surface area contributed by atoms with Gasteiger partial charge < -0.3 is 15.3 Å². The van der Waals surface area contributed by atoms with E-state index in [2.05, 4.69) is 12.2 Å². The number of nitrogens with zero attached hydrogens (tertiary/aromatic N) is 1. The number of hydrogen-bond acceptors (Lipinski definition) is 2. The maximum Gasteiger partial charge on any atom is 0.317 e. The van der Waals surface area contributed by atoms with Crippen molar-refractivity contribution in [3.8, 4) is 0 Å². The highest BCUT2D eigenvalue weighted by molar-refractivity contribution is 5.75. The second-order valence-corrected chi connectivity index (χ2v) is 5.61. The fourth-order valence-electron chi connectivity index (χ4n) is 2.94. The summed E-state index contributed by atoms with van der Waals surface area (Å²) in [4.78, 5) is 13.6. The van der Waals surface area contributed by atoms with Crippen LogP contribution in [0, 0.1) is 0 Å². The van der Waals surface area contributed by atoms with Gasteiger partial charge in [0, 0.05) is 6.04 Å². The largest absolute Gasteiger partial charge is 0.386 e. The minimum absolute atomic E-state index is 0.0117. The number of aliphatic hydroxyl groups is 1. The molecule has 4 heteroatoms. The van der Waals surface area contributed by atoms with Gasteiger partial charge in [-0.05, 0) is 19.3 Å². The molecule has 2 N–H and O–H groups in total. The van der Waals surface area contributed by atoms with Gasteiger partial charge in [-0.3, -0.25) is 0 Å². The number of amides is 2. The number of likely N-dealkylation sites (tertiary alicyclic amines) is 1. The maximum absolute atomic E-state index is 11.9. The minimum Gasteiger partial charge on any atom is -0.386 e. The van der Waals surface area contributed by atoms with Crippen LogP contribution in [0.5, 0.6) is 0 Å². The highest BCUT2D eigenvalue weighted by Gasteiger charge is 2.42. The molecule has 98 valence electrons. The Labute approximate surface area is 103 Å². The molecule has 2 rings (SSSR count). The predicted molar refractivity (Wildman–Crippen MR) is 66.8 cm³/mol. The molecule has 0 aromatic carbocycles. The molecule has 2 amide bonds. The first-order chi connectivity index (χ1) is 8.13. The Morgan fingerprint density at radius 3 is 2.59 bits per heavy atom. The zero-order valence-electron chi connectivity index (χ0n) is 10.7. The highest BCUT2D eigenvalue weighted by atomic mass is 16.3. The number of carbonyl (C=O) groups excluding carboxylic acids is 1. The van der Waals surface area contributed by atoms with Crippen LogP contribution < -0.4 is 5.32 Å². The molecule has 17 heavy (non-hydrogen) atoms. The van der Waals surface area contributed by atoms with Crippen LogP contribution >= 0.6 is 0 Å². The molecule has 1 aliphatic carbocycles. The van der Waals surface area contributed by atoms with E-state index >= 15 is 0 Å². The van der Waals surface area contributed by atoms with Gasteiger partial charge in [-0.1, -0.05) is 32.6 Å². The fraction of sp³-hybridized carbons (Fsp3) is 0.923. The third kappa shape index (κ3) is 3.12. The lowest BCUT2D eigenvalue weighted by molar-refractivity contribution is -0.0818. The van der Waals surface area contributed by atoms with E-state index in [4.69, 9.17) is 0 Å². The number of urea groups is 1. The average Bonchev–Trinajstić information content (AvgIpc) is 2.27. The number of nitrogens with one attached hydrogen (secondary N) is 1. The van der Waals surface area contributed by atoms with Crippen molar-refractivity contribution in [1.29, 1.82) is 0 Å². The van der Waals surface area contributed by atoms with Crippen molar-refractivity contribution in [2.45, 2.75) is 63.5 Å². The topological polar surface area (TPSA) is 52.6 Å². The zero-order chi connectivity index (χ0) is 12.3. The van der Waals surface area contributed by atoms with E-state index in [1.165, 1.54) is 19.3 Å². The van der Waals surface area contributed by atoms with Crippen LogP contribution in [0.1, 0.15) is 51.9 Å². The Morgan fingerprint density at radius 2 is 2.00 bits per heavy atom. The van der Waals surface area contributed by atoms with Crippen molar-refractivity contribution >= 4 is 6.03 Å². The smallest absolute Gasteiger partial charge is 0.317 e. The maximum atomic E-state index is 11.9. The van der Waals surface area contributed by atoms with Gasteiger partial charge in [0.25, 0.3) is 0 Å². The molecule has 1 saturated heterocycles. The second-order valence-electron chi connectivity index (χ2n) is 5.61. The van der Waals surface area contributed by atoms with E-state index < -0.39 is 5.60 Å². The molecule has 2 fully saturated rings. The number of carbonyl (C=O) groups is 1. The molecule has 1 aliphatic heterocycles. The number of β-amino-alcohol motifs (C(OH)–C–C–N with tert-alkyl or cyclic N) is 1. The van der Waals surface area contributed by atoms with Crippen molar-refractivity contribution in [3.05, 3.63) is 0 Å². The molecule has 0 radical (unpaired) electrons.